The van der Waals surface area contributed by atoms with Crippen LogP contribution in [0, 0.1) is 11.6 Å². The zero-order valence-corrected chi connectivity index (χ0v) is 12.2. The lowest BCUT2D eigenvalue weighted by molar-refractivity contribution is 0.122. The monoisotopic (exact) mass is 316 g/mol. The Hall–Kier alpha value is -2.54. The van der Waals surface area contributed by atoms with E-state index in [1.54, 1.807) is 6.20 Å². The number of hydrogen-bond acceptors (Lipinski definition) is 4. The van der Waals surface area contributed by atoms with Gasteiger partial charge < -0.3 is 14.6 Å². The molecule has 1 aliphatic rings. The molecule has 0 spiro atoms. The molecule has 0 atom stereocenters. The van der Waals surface area contributed by atoms with Gasteiger partial charge in [-0.15, -0.1) is 0 Å². The standard InChI is InChI=1S/C16H14F2N4O/c17-11-2-1-10(9-12(11)18)15-20-13-3-4-19-16(14(13)21-15)22-5-7-23-8-6-22/h1-4,9H,5-8H2,(H,20,21). The van der Waals surface area contributed by atoms with Crippen LogP contribution in [-0.4, -0.2) is 41.3 Å². The van der Waals surface area contributed by atoms with E-state index in [1.807, 2.05) is 6.07 Å². The van der Waals surface area contributed by atoms with Crippen molar-refractivity contribution in [1.82, 2.24) is 15.0 Å². The van der Waals surface area contributed by atoms with E-state index in [4.69, 9.17) is 4.74 Å². The Bertz CT molecular complexity index is 858. The fraction of sp³-hybridized carbons (Fsp3) is 0.250. The summed E-state index contributed by atoms with van der Waals surface area (Å²) >= 11 is 0. The van der Waals surface area contributed by atoms with E-state index in [2.05, 4.69) is 19.9 Å². The number of ether oxygens (including phenoxy) is 1. The second-order valence-corrected chi connectivity index (χ2v) is 5.34. The quantitative estimate of drug-likeness (QED) is 0.790. The molecule has 3 aromatic rings. The van der Waals surface area contributed by atoms with Gasteiger partial charge in [0.2, 0.25) is 0 Å². The van der Waals surface area contributed by atoms with Gasteiger partial charge in [0.15, 0.2) is 17.5 Å². The maximum Gasteiger partial charge on any atom is 0.159 e. The molecule has 0 radical (unpaired) electrons. The van der Waals surface area contributed by atoms with Crippen LogP contribution in [0.15, 0.2) is 30.5 Å². The number of halogens is 2. The minimum absolute atomic E-state index is 0.487. The van der Waals surface area contributed by atoms with E-state index in [1.165, 1.54) is 6.07 Å². The first-order valence-electron chi connectivity index (χ1n) is 7.35. The number of pyridine rings is 1. The van der Waals surface area contributed by atoms with Gasteiger partial charge >= 0.3 is 0 Å². The molecule has 7 heteroatoms. The molecule has 1 aliphatic heterocycles. The maximum atomic E-state index is 13.4. The lowest BCUT2D eigenvalue weighted by atomic mass is 10.2. The maximum absolute atomic E-state index is 13.4. The van der Waals surface area contributed by atoms with Crippen LogP contribution in [0.2, 0.25) is 0 Å². The summed E-state index contributed by atoms with van der Waals surface area (Å²) in [6, 6.07) is 5.54. The molecule has 23 heavy (non-hydrogen) atoms. The molecule has 4 rings (SSSR count). The molecule has 0 bridgehead atoms. The average molecular weight is 316 g/mol. The first kappa shape index (κ1) is 14.1. The summed E-state index contributed by atoms with van der Waals surface area (Å²) in [5.41, 5.74) is 2.02. The van der Waals surface area contributed by atoms with Gasteiger partial charge in [-0.05, 0) is 24.3 Å². The van der Waals surface area contributed by atoms with Crippen molar-refractivity contribution in [3.05, 3.63) is 42.1 Å². The molecule has 3 heterocycles. The number of rotatable bonds is 2. The molecule has 1 saturated heterocycles. The summed E-state index contributed by atoms with van der Waals surface area (Å²) in [6.07, 6.45) is 1.71. The summed E-state index contributed by atoms with van der Waals surface area (Å²) in [6.45, 7) is 2.80. The van der Waals surface area contributed by atoms with Gasteiger partial charge in [0.1, 0.15) is 11.3 Å². The van der Waals surface area contributed by atoms with E-state index in [-0.39, 0.29) is 0 Å². The molecule has 0 saturated carbocycles. The minimum atomic E-state index is -0.894. The third-order valence-electron chi connectivity index (χ3n) is 3.89. The van der Waals surface area contributed by atoms with Crippen LogP contribution in [0.1, 0.15) is 0 Å². The molecule has 2 aromatic heterocycles. The third-order valence-corrected chi connectivity index (χ3v) is 3.89. The molecule has 0 unspecified atom stereocenters. The first-order valence-corrected chi connectivity index (χ1v) is 7.35. The average Bonchev–Trinajstić information content (AvgIpc) is 3.02. The summed E-state index contributed by atoms with van der Waals surface area (Å²) in [5.74, 6) is -0.507. The highest BCUT2D eigenvalue weighted by Gasteiger charge is 2.18. The fourth-order valence-electron chi connectivity index (χ4n) is 2.71. The van der Waals surface area contributed by atoms with Gasteiger partial charge in [-0.3, -0.25) is 0 Å². The number of imidazole rings is 1. The Kier molecular flexibility index (Phi) is 3.42. The van der Waals surface area contributed by atoms with Crippen molar-refractivity contribution < 1.29 is 13.5 Å². The van der Waals surface area contributed by atoms with Crippen LogP contribution in [0.3, 0.4) is 0 Å². The van der Waals surface area contributed by atoms with Gasteiger partial charge in [0.05, 0.1) is 18.7 Å². The summed E-state index contributed by atoms with van der Waals surface area (Å²) < 4.78 is 31.9. The fourth-order valence-corrected chi connectivity index (χ4v) is 2.71. The first-order chi connectivity index (χ1) is 11.2. The van der Waals surface area contributed by atoms with Crippen molar-refractivity contribution in [3.63, 3.8) is 0 Å². The Balaban J connectivity index is 1.79. The molecule has 5 nitrogen and oxygen atoms in total. The number of anilines is 1. The smallest absolute Gasteiger partial charge is 0.159 e. The third kappa shape index (κ3) is 2.53. The molecule has 1 fully saturated rings. The van der Waals surface area contributed by atoms with Gasteiger partial charge in [-0.2, -0.15) is 0 Å². The molecule has 0 aliphatic carbocycles. The van der Waals surface area contributed by atoms with Crippen molar-refractivity contribution in [3.8, 4) is 11.4 Å². The normalized spacial score (nSPS) is 15.3. The second kappa shape index (κ2) is 5.58. The van der Waals surface area contributed by atoms with Crippen LogP contribution < -0.4 is 4.90 Å². The lowest BCUT2D eigenvalue weighted by Crippen LogP contribution is -2.36. The molecular weight excluding hydrogens is 302 g/mol. The zero-order chi connectivity index (χ0) is 15.8. The molecule has 1 N–H and O–H groups in total. The lowest BCUT2D eigenvalue weighted by Gasteiger charge is -2.27. The van der Waals surface area contributed by atoms with E-state index in [0.29, 0.717) is 30.1 Å². The van der Waals surface area contributed by atoms with Crippen LogP contribution in [0.5, 0.6) is 0 Å². The van der Waals surface area contributed by atoms with E-state index in [0.717, 1.165) is 36.6 Å². The Morgan fingerprint density at radius 2 is 1.91 bits per heavy atom. The number of morpholine rings is 1. The van der Waals surface area contributed by atoms with Crippen molar-refractivity contribution in [1.29, 1.82) is 0 Å². The van der Waals surface area contributed by atoms with Gasteiger partial charge in [-0.25, -0.2) is 18.7 Å². The van der Waals surface area contributed by atoms with E-state index in [9.17, 15) is 8.78 Å². The number of benzene rings is 1. The Morgan fingerprint density at radius 3 is 2.70 bits per heavy atom. The molecular formula is C16H14F2N4O. The predicted octanol–water partition coefficient (Wildman–Crippen LogP) is 2.74. The Labute approximate surface area is 130 Å². The van der Waals surface area contributed by atoms with E-state index >= 15 is 0 Å². The van der Waals surface area contributed by atoms with Crippen molar-refractivity contribution in [2.24, 2.45) is 0 Å². The number of aromatic amines is 1. The summed E-state index contributed by atoms with van der Waals surface area (Å²) in [7, 11) is 0. The highest BCUT2D eigenvalue weighted by Crippen LogP contribution is 2.27. The van der Waals surface area contributed by atoms with Crippen molar-refractivity contribution in [2.45, 2.75) is 0 Å². The van der Waals surface area contributed by atoms with Crippen LogP contribution in [-0.2, 0) is 4.74 Å². The topological polar surface area (TPSA) is 54.0 Å². The largest absolute Gasteiger partial charge is 0.378 e. The highest BCUT2D eigenvalue weighted by molar-refractivity contribution is 5.88. The summed E-state index contributed by atoms with van der Waals surface area (Å²) in [5, 5.41) is 0. The van der Waals surface area contributed by atoms with Gasteiger partial charge in [-0.1, -0.05) is 0 Å². The Morgan fingerprint density at radius 1 is 1.09 bits per heavy atom. The summed E-state index contributed by atoms with van der Waals surface area (Å²) in [4.78, 5) is 14.2. The van der Waals surface area contributed by atoms with Crippen LogP contribution in [0.25, 0.3) is 22.4 Å². The van der Waals surface area contributed by atoms with Crippen LogP contribution in [0.4, 0.5) is 14.6 Å². The van der Waals surface area contributed by atoms with Gasteiger partial charge in [0.25, 0.3) is 0 Å². The van der Waals surface area contributed by atoms with Gasteiger partial charge in [0, 0.05) is 24.8 Å². The highest BCUT2D eigenvalue weighted by atomic mass is 19.2. The molecule has 0 amide bonds. The number of nitrogens with zero attached hydrogens (tertiary/aromatic N) is 3. The van der Waals surface area contributed by atoms with Crippen molar-refractivity contribution in [2.75, 3.05) is 31.2 Å². The molecule has 118 valence electrons. The minimum Gasteiger partial charge on any atom is -0.378 e. The zero-order valence-electron chi connectivity index (χ0n) is 12.2. The number of H-pyrrole nitrogens is 1. The van der Waals surface area contributed by atoms with E-state index < -0.39 is 11.6 Å². The second-order valence-electron chi connectivity index (χ2n) is 5.34. The number of nitrogens with one attached hydrogen (secondary N) is 1. The number of aromatic nitrogens is 3. The number of fused-ring (bicyclic) bond motifs is 1. The van der Waals surface area contributed by atoms with Crippen molar-refractivity contribution >= 4 is 16.9 Å². The SMILES string of the molecule is Fc1ccc(-c2nc3c(N4CCOCC4)nccc3[nH]2)cc1F. The van der Waals surface area contributed by atoms with Crippen LogP contribution >= 0.6 is 0 Å². The number of hydrogen-bond donors (Lipinski definition) is 1. The molecule has 1 aromatic carbocycles. The predicted molar refractivity (Wildman–Crippen MR) is 82.3 cm³/mol.